The van der Waals surface area contributed by atoms with Gasteiger partial charge in [-0.25, -0.2) is 0 Å². The first kappa shape index (κ1) is 9.93. The van der Waals surface area contributed by atoms with Crippen LogP contribution >= 0.6 is 0 Å². The largest absolute Gasteiger partial charge is 0.336 e. The normalized spacial score (nSPS) is 39.8. The third-order valence-electron chi connectivity index (χ3n) is 3.46. The van der Waals surface area contributed by atoms with E-state index in [0.29, 0.717) is 12.0 Å². The molecule has 4 heteroatoms. The fraction of sp³-hybridized carbons (Fsp3) is 0.900. The number of rotatable bonds is 1. The quantitative estimate of drug-likeness (QED) is 0.576. The van der Waals surface area contributed by atoms with Gasteiger partial charge in [-0.15, -0.1) is 0 Å². The number of likely N-dealkylation sites (tertiary alicyclic amines) is 2. The van der Waals surface area contributed by atoms with Crippen molar-refractivity contribution in [3.63, 3.8) is 0 Å². The molecule has 2 N–H and O–H groups in total. The van der Waals surface area contributed by atoms with E-state index < -0.39 is 0 Å². The lowest BCUT2D eigenvalue weighted by atomic mass is 9.89. The summed E-state index contributed by atoms with van der Waals surface area (Å²) in [5, 5.41) is 0. The SMILES string of the molecule is CC1CN(C)CCC1N1CC(N)C1=O. The van der Waals surface area contributed by atoms with Gasteiger partial charge in [-0.2, -0.15) is 0 Å². The van der Waals surface area contributed by atoms with Crippen molar-refractivity contribution in [2.75, 3.05) is 26.7 Å². The third-order valence-corrected chi connectivity index (χ3v) is 3.46. The molecule has 0 bridgehead atoms. The highest BCUT2D eigenvalue weighted by atomic mass is 16.2. The summed E-state index contributed by atoms with van der Waals surface area (Å²) >= 11 is 0. The highest BCUT2D eigenvalue weighted by Gasteiger charge is 2.41. The molecule has 2 fully saturated rings. The first-order valence-electron chi connectivity index (χ1n) is 5.34. The van der Waals surface area contributed by atoms with E-state index in [-0.39, 0.29) is 11.9 Å². The molecule has 1 amide bonds. The van der Waals surface area contributed by atoms with Crippen LogP contribution in [0.5, 0.6) is 0 Å². The molecule has 0 aromatic rings. The number of hydrogen-bond donors (Lipinski definition) is 1. The van der Waals surface area contributed by atoms with Crippen LogP contribution in [0.15, 0.2) is 0 Å². The summed E-state index contributed by atoms with van der Waals surface area (Å²) in [6.07, 6.45) is 1.09. The second-order valence-corrected chi connectivity index (χ2v) is 4.69. The Morgan fingerprint density at radius 2 is 2.14 bits per heavy atom. The molecular formula is C10H19N3O. The van der Waals surface area contributed by atoms with Crippen LogP contribution in [0.3, 0.4) is 0 Å². The zero-order chi connectivity index (χ0) is 10.3. The molecule has 3 unspecified atom stereocenters. The van der Waals surface area contributed by atoms with E-state index in [1.165, 1.54) is 0 Å². The van der Waals surface area contributed by atoms with Crippen molar-refractivity contribution in [2.24, 2.45) is 11.7 Å². The Morgan fingerprint density at radius 1 is 1.43 bits per heavy atom. The van der Waals surface area contributed by atoms with E-state index in [1.807, 2.05) is 4.90 Å². The van der Waals surface area contributed by atoms with Crippen molar-refractivity contribution in [3.8, 4) is 0 Å². The van der Waals surface area contributed by atoms with Gasteiger partial charge in [-0.05, 0) is 25.9 Å². The van der Waals surface area contributed by atoms with Gasteiger partial charge in [0.2, 0.25) is 5.91 Å². The Bertz CT molecular complexity index is 244. The minimum Gasteiger partial charge on any atom is -0.336 e. The third kappa shape index (κ3) is 1.53. The van der Waals surface area contributed by atoms with Crippen molar-refractivity contribution < 1.29 is 4.79 Å². The van der Waals surface area contributed by atoms with Gasteiger partial charge in [0, 0.05) is 19.1 Å². The zero-order valence-electron chi connectivity index (χ0n) is 8.94. The van der Waals surface area contributed by atoms with Gasteiger partial charge in [0.25, 0.3) is 0 Å². The van der Waals surface area contributed by atoms with E-state index in [0.717, 1.165) is 26.1 Å². The lowest BCUT2D eigenvalue weighted by molar-refractivity contribution is -0.148. The number of β-lactam (4-membered cyclic amide) rings is 1. The Labute approximate surface area is 85.0 Å². The van der Waals surface area contributed by atoms with Gasteiger partial charge >= 0.3 is 0 Å². The smallest absolute Gasteiger partial charge is 0.241 e. The van der Waals surface area contributed by atoms with Gasteiger partial charge < -0.3 is 15.5 Å². The standard InChI is InChI=1S/C10H19N3O/c1-7-5-12(2)4-3-9(7)13-6-8(11)10(13)14/h7-9H,3-6,11H2,1-2H3. The molecule has 0 aromatic carbocycles. The average Bonchev–Trinajstić information content (AvgIpc) is 2.15. The molecule has 2 rings (SSSR count). The van der Waals surface area contributed by atoms with Gasteiger partial charge in [0.05, 0.1) is 0 Å². The predicted octanol–water partition coefficient (Wildman–Crippen LogP) is -0.504. The number of amides is 1. The second kappa shape index (κ2) is 3.51. The van der Waals surface area contributed by atoms with Crippen molar-refractivity contribution in [2.45, 2.75) is 25.4 Å². The van der Waals surface area contributed by atoms with Gasteiger partial charge in [-0.1, -0.05) is 6.92 Å². The number of carbonyl (C=O) groups is 1. The van der Waals surface area contributed by atoms with Crippen molar-refractivity contribution in [3.05, 3.63) is 0 Å². The predicted molar refractivity (Wildman–Crippen MR) is 54.8 cm³/mol. The molecular weight excluding hydrogens is 178 g/mol. The molecule has 2 heterocycles. The molecule has 0 spiro atoms. The summed E-state index contributed by atoms with van der Waals surface area (Å²) in [5.41, 5.74) is 5.59. The summed E-state index contributed by atoms with van der Waals surface area (Å²) in [4.78, 5) is 15.8. The number of piperidine rings is 1. The zero-order valence-corrected chi connectivity index (χ0v) is 8.94. The maximum absolute atomic E-state index is 11.5. The van der Waals surface area contributed by atoms with Crippen LogP contribution in [-0.2, 0) is 4.79 Å². The maximum Gasteiger partial charge on any atom is 0.241 e. The Kier molecular flexibility index (Phi) is 2.49. The van der Waals surface area contributed by atoms with Crippen LogP contribution in [-0.4, -0.2) is 54.5 Å². The van der Waals surface area contributed by atoms with Crippen LogP contribution < -0.4 is 5.73 Å². The highest BCUT2D eigenvalue weighted by Crippen LogP contribution is 2.25. The van der Waals surface area contributed by atoms with E-state index in [1.54, 1.807) is 0 Å². The molecule has 2 aliphatic heterocycles. The molecule has 2 aliphatic rings. The van der Waals surface area contributed by atoms with Crippen LogP contribution in [0.1, 0.15) is 13.3 Å². The van der Waals surface area contributed by atoms with E-state index in [4.69, 9.17) is 5.73 Å². The van der Waals surface area contributed by atoms with Gasteiger partial charge in [0.15, 0.2) is 0 Å². The first-order chi connectivity index (χ1) is 6.59. The number of nitrogens with zero attached hydrogens (tertiary/aromatic N) is 2. The van der Waals surface area contributed by atoms with Crippen LogP contribution in [0.25, 0.3) is 0 Å². The van der Waals surface area contributed by atoms with Crippen LogP contribution in [0.4, 0.5) is 0 Å². The number of nitrogens with two attached hydrogens (primary N) is 1. The molecule has 3 atom stereocenters. The van der Waals surface area contributed by atoms with E-state index in [2.05, 4.69) is 18.9 Å². The number of hydrogen-bond acceptors (Lipinski definition) is 3. The Balaban J connectivity index is 1.95. The number of carbonyl (C=O) groups excluding carboxylic acids is 1. The molecule has 0 saturated carbocycles. The van der Waals surface area contributed by atoms with Crippen LogP contribution in [0, 0.1) is 5.92 Å². The molecule has 0 aromatic heterocycles. The lowest BCUT2D eigenvalue weighted by Gasteiger charge is -2.47. The second-order valence-electron chi connectivity index (χ2n) is 4.69. The summed E-state index contributed by atoms with van der Waals surface area (Å²) in [5.74, 6) is 0.719. The minimum atomic E-state index is -0.221. The van der Waals surface area contributed by atoms with Crippen molar-refractivity contribution >= 4 is 5.91 Å². The minimum absolute atomic E-state index is 0.145. The fourth-order valence-corrected chi connectivity index (χ4v) is 2.58. The molecule has 14 heavy (non-hydrogen) atoms. The summed E-state index contributed by atoms with van der Waals surface area (Å²) < 4.78 is 0. The van der Waals surface area contributed by atoms with Gasteiger partial charge in [-0.3, -0.25) is 4.79 Å². The van der Waals surface area contributed by atoms with Crippen molar-refractivity contribution in [1.82, 2.24) is 9.80 Å². The fourth-order valence-electron chi connectivity index (χ4n) is 2.58. The topological polar surface area (TPSA) is 49.6 Å². The van der Waals surface area contributed by atoms with Gasteiger partial charge in [0.1, 0.15) is 6.04 Å². The average molecular weight is 197 g/mol. The highest BCUT2D eigenvalue weighted by molar-refractivity contribution is 5.88. The van der Waals surface area contributed by atoms with Crippen LogP contribution in [0.2, 0.25) is 0 Å². The molecule has 0 aliphatic carbocycles. The molecule has 2 saturated heterocycles. The van der Waals surface area contributed by atoms with E-state index >= 15 is 0 Å². The lowest BCUT2D eigenvalue weighted by Crippen LogP contribution is -2.66. The Hall–Kier alpha value is -0.610. The Morgan fingerprint density at radius 3 is 2.64 bits per heavy atom. The summed E-state index contributed by atoms with van der Waals surface area (Å²) in [6, 6.07) is 0.209. The molecule has 80 valence electrons. The maximum atomic E-state index is 11.5. The first-order valence-corrected chi connectivity index (χ1v) is 5.34. The monoisotopic (exact) mass is 197 g/mol. The molecule has 4 nitrogen and oxygen atoms in total. The van der Waals surface area contributed by atoms with E-state index in [9.17, 15) is 4.79 Å². The summed E-state index contributed by atoms with van der Waals surface area (Å²) in [6.45, 7) is 5.16. The molecule has 0 radical (unpaired) electrons. The summed E-state index contributed by atoms with van der Waals surface area (Å²) in [7, 11) is 2.14. The van der Waals surface area contributed by atoms with Crippen molar-refractivity contribution in [1.29, 1.82) is 0 Å².